The Hall–Kier alpha value is -2.18. The number of carbonyl (C=O) groups is 1. The zero-order chi connectivity index (χ0) is 19.1. The van der Waals surface area contributed by atoms with Crippen LogP contribution in [-0.2, 0) is 17.8 Å². The number of unbranched alkanes of at least 4 members (excludes halogenated alkanes) is 1. The van der Waals surface area contributed by atoms with Gasteiger partial charge < -0.3 is 9.47 Å². The number of nitrogens with zero attached hydrogens (tertiary/aromatic N) is 3. The number of aromatic nitrogens is 2. The molecule has 0 atom stereocenters. The largest absolute Gasteiger partial charge is 0.327 e. The van der Waals surface area contributed by atoms with E-state index in [9.17, 15) is 4.79 Å². The lowest BCUT2D eigenvalue weighted by atomic mass is 10.2. The van der Waals surface area contributed by atoms with E-state index in [1.54, 1.807) is 11.6 Å². The lowest BCUT2D eigenvalue weighted by Crippen LogP contribution is -2.30. The summed E-state index contributed by atoms with van der Waals surface area (Å²) in [5.41, 5.74) is 4.54. The lowest BCUT2D eigenvalue weighted by Gasteiger charge is -2.22. The Morgan fingerprint density at radius 1 is 1.42 bits per heavy atom. The number of aryl methyl sites for hydroxylation is 1. The number of benzene rings is 1. The van der Waals surface area contributed by atoms with E-state index in [1.807, 2.05) is 12.1 Å². The number of rotatable bonds is 9. The molecule has 0 unspecified atom stereocenters. The van der Waals surface area contributed by atoms with Crippen LogP contribution in [0.1, 0.15) is 45.0 Å². The first kappa shape index (κ1) is 20.1. The molecule has 0 spiro atoms. The first-order valence-electron chi connectivity index (χ1n) is 9.27. The van der Waals surface area contributed by atoms with Crippen LogP contribution in [0, 0.1) is 0 Å². The Balaban J connectivity index is 2.31. The molecule has 0 aliphatic rings. The molecule has 1 amide bonds. The van der Waals surface area contributed by atoms with Crippen molar-refractivity contribution in [2.45, 2.75) is 52.6 Å². The van der Waals surface area contributed by atoms with Gasteiger partial charge in [-0.15, -0.1) is 0 Å². The molecule has 0 saturated carbocycles. The number of hydrogen-bond donors (Lipinski definition) is 2. The van der Waals surface area contributed by atoms with E-state index in [0.717, 1.165) is 54.8 Å². The number of hydroxylamine groups is 1. The summed E-state index contributed by atoms with van der Waals surface area (Å²) in [7, 11) is 2.14. The zero-order valence-corrected chi connectivity index (χ0v) is 16.2. The van der Waals surface area contributed by atoms with Crippen LogP contribution in [0.25, 0.3) is 17.1 Å². The molecule has 2 aromatic rings. The van der Waals surface area contributed by atoms with Gasteiger partial charge in [-0.25, -0.2) is 10.5 Å². The Bertz CT molecular complexity index is 765. The molecule has 0 aliphatic carbocycles. The van der Waals surface area contributed by atoms with Gasteiger partial charge in [-0.3, -0.25) is 10.0 Å². The molecule has 1 aromatic carbocycles. The number of likely N-dealkylation sites (N-methyl/N-ethyl adjacent to an activating group) is 1. The van der Waals surface area contributed by atoms with E-state index < -0.39 is 5.91 Å². The highest BCUT2D eigenvalue weighted by atomic mass is 16.5. The van der Waals surface area contributed by atoms with Crippen molar-refractivity contribution in [2.24, 2.45) is 0 Å². The average molecular weight is 358 g/mol. The van der Waals surface area contributed by atoms with Gasteiger partial charge in [0.15, 0.2) is 0 Å². The molecular weight excluding hydrogens is 328 g/mol. The van der Waals surface area contributed by atoms with Crippen LogP contribution < -0.4 is 5.48 Å². The van der Waals surface area contributed by atoms with E-state index in [4.69, 9.17) is 10.2 Å². The molecule has 26 heavy (non-hydrogen) atoms. The van der Waals surface area contributed by atoms with E-state index in [2.05, 4.69) is 43.4 Å². The van der Waals surface area contributed by atoms with Crippen LogP contribution in [0.5, 0.6) is 0 Å². The van der Waals surface area contributed by atoms with E-state index in [-0.39, 0.29) is 0 Å². The molecule has 142 valence electrons. The summed E-state index contributed by atoms with van der Waals surface area (Å²) in [4.78, 5) is 18.3. The van der Waals surface area contributed by atoms with Crippen molar-refractivity contribution in [1.29, 1.82) is 0 Å². The Morgan fingerprint density at radius 3 is 2.85 bits per heavy atom. The summed E-state index contributed by atoms with van der Waals surface area (Å²) in [6.45, 7) is 8.47. The topological polar surface area (TPSA) is 70.4 Å². The number of imidazole rings is 1. The zero-order valence-electron chi connectivity index (χ0n) is 16.2. The van der Waals surface area contributed by atoms with Crippen molar-refractivity contribution in [2.75, 3.05) is 13.6 Å². The van der Waals surface area contributed by atoms with Crippen molar-refractivity contribution < 1.29 is 10.0 Å². The number of carbonyl (C=O) groups excluding carboxylic acids is 1. The quantitative estimate of drug-likeness (QED) is 0.410. The van der Waals surface area contributed by atoms with Gasteiger partial charge in [0.2, 0.25) is 0 Å². The van der Waals surface area contributed by atoms with Gasteiger partial charge in [-0.1, -0.05) is 19.4 Å². The fourth-order valence-electron chi connectivity index (χ4n) is 2.80. The molecule has 2 rings (SSSR count). The minimum absolute atomic E-state index is 0.512. The normalized spacial score (nSPS) is 12.0. The molecule has 0 saturated heterocycles. The second-order valence-electron chi connectivity index (χ2n) is 6.92. The van der Waals surface area contributed by atoms with Crippen LogP contribution >= 0.6 is 0 Å². The molecule has 6 heteroatoms. The van der Waals surface area contributed by atoms with E-state index in [1.165, 1.54) is 6.08 Å². The highest BCUT2D eigenvalue weighted by Gasteiger charge is 2.12. The first-order valence-corrected chi connectivity index (χ1v) is 9.27. The SMILES string of the molecule is CCCCc1nc2cc(/C=C/C(=O)NO)ccc2n1CCN(C)C(C)C. The van der Waals surface area contributed by atoms with E-state index in [0.29, 0.717) is 6.04 Å². The highest BCUT2D eigenvalue weighted by Crippen LogP contribution is 2.20. The standard InChI is InChI=1S/C20H30N4O2/c1-5-6-7-19-21-17-14-16(9-11-20(25)22-26)8-10-18(17)24(19)13-12-23(4)15(2)3/h8-11,14-15,26H,5-7,12-13H2,1-4H3,(H,22,25)/b11-9+. The molecule has 1 heterocycles. The van der Waals surface area contributed by atoms with Crippen LogP contribution in [0.4, 0.5) is 0 Å². The minimum atomic E-state index is -0.545. The maximum atomic E-state index is 11.2. The number of nitrogens with one attached hydrogen (secondary N) is 1. The second kappa shape index (κ2) is 9.50. The van der Waals surface area contributed by atoms with Crippen molar-refractivity contribution in [3.8, 4) is 0 Å². The number of amides is 1. The fraction of sp³-hybridized carbons (Fsp3) is 0.500. The average Bonchev–Trinajstić information content (AvgIpc) is 2.98. The van der Waals surface area contributed by atoms with Gasteiger partial charge in [-0.2, -0.15) is 0 Å². The second-order valence-corrected chi connectivity index (χ2v) is 6.92. The third kappa shape index (κ3) is 5.16. The first-order chi connectivity index (χ1) is 12.5. The van der Waals surface area contributed by atoms with Gasteiger partial charge in [-0.05, 0) is 51.1 Å². The smallest absolute Gasteiger partial charge is 0.267 e. The van der Waals surface area contributed by atoms with Gasteiger partial charge in [0.25, 0.3) is 5.91 Å². The van der Waals surface area contributed by atoms with Crippen molar-refractivity contribution in [3.63, 3.8) is 0 Å². The van der Waals surface area contributed by atoms with Crippen LogP contribution in [-0.4, -0.2) is 45.2 Å². The maximum absolute atomic E-state index is 11.2. The van der Waals surface area contributed by atoms with Crippen LogP contribution in [0.2, 0.25) is 0 Å². The minimum Gasteiger partial charge on any atom is -0.327 e. The van der Waals surface area contributed by atoms with Crippen molar-refractivity contribution in [3.05, 3.63) is 35.7 Å². The van der Waals surface area contributed by atoms with Gasteiger partial charge in [0.05, 0.1) is 11.0 Å². The highest BCUT2D eigenvalue weighted by molar-refractivity contribution is 5.91. The molecule has 6 nitrogen and oxygen atoms in total. The summed E-state index contributed by atoms with van der Waals surface area (Å²) in [5, 5.41) is 8.58. The lowest BCUT2D eigenvalue weighted by molar-refractivity contribution is -0.124. The molecule has 0 aliphatic heterocycles. The molecule has 1 aromatic heterocycles. The number of hydrogen-bond acceptors (Lipinski definition) is 4. The molecule has 0 fully saturated rings. The fourth-order valence-corrected chi connectivity index (χ4v) is 2.80. The summed E-state index contributed by atoms with van der Waals surface area (Å²) in [5.74, 6) is 0.573. The van der Waals surface area contributed by atoms with E-state index >= 15 is 0 Å². The molecule has 0 radical (unpaired) electrons. The Morgan fingerprint density at radius 2 is 2.19 bits per heavy atom. The third-order valence-corrected chi connectivity index (χ3v) is 4.70. The summed E-state index contributed by atoms with van der Waals surface area (Å²) in [6.07, 6.45) is 6.19. The summed E-state index contributed by atoms with van der Waals surface area (Å²) < 4.78 is 2.32. The third-order valence-electron chi connectivity index (χ3n) is 4.70. The van der Waals surface area contributed by atoms with Gasteiger partial charge in [0, 0.05) is 31.6 Å². The van der Waals surface area contributed by atoms with Crippen molar-refractivity contribution >= 4 is 23.0 Å². The molecular formula is C20H30N4O2. The predicted octanol–water partition coefficient (Wildman–Crippen LogP) is 3.24. The Kier molecular flexibility index (Phi) is 7.36. The predicted molar refractivity (Wildman–Crippen MR) is 105 cm³/mol. The van der Waals surface area contributed by atoms with Crippen molar-refractivity contribution in [1.82, 2.24) is 19.9 Å². The monoisotopic (exact) mass is 358 g/mol. The van der Waals surface area contributed by atoms with Crippen LogP contribution in [0.3, 0.4) is 0 Å². The summed E-state index contributed by atoms with van der Waals surface area (Å²) in [6, 6.07) is 6.52. The summed E-state index contributed by atoms with van der Waals surface area (Å²) >= 11 is 0. The van der Waals surface area contributed by atoms with Gasteiger partial charge >= 0.3 is 0 Å². The number of fused-ring (bicyclic) bond motifs is 1. The molecule has 0 bridgehead atoms. The Labute approximate surface area is 155 Å². The van der Waals surface area contributed by atoms with Gasteiger partial charge in [0.1, 0.15) is 5.82 Å². The van der Waals surface area contributed by atoms with Crippen LogP contribution in [0.15, 0.2) is 24.3 Å². The molecule has 2 N–H and O–H groups in total. The maximum Gasteiger partial charge on any atom is 0.267 e.